The Kier molecular flexibility index (Phi) is 3.33. The fourth-order valence-corrected chi connectivity index (χ4v) is 4.27. The summed E-state index contributed by atoms with van der Waals surface area (Å²) in [7, 11) is -0.166. The first-order chi connectivity index (χ1) is 9.93. The number of imidazole rings is 1. The van der Waals surface area contributed by atoms with Crippen molar-refractivity contribution in [3.63, 3.8) is 0 Å². The van der Waals surface area contributed by atoms with Gasteiger partial charge in [-0.15, -0.1) is 0 Å². The third kappa shape index (κ3) is 2.16. The fourth-order valence-electron chi connectivity index (χ4n) is 2.40. The lowest BCUT2D eigenvalue weighted by molar-refractivity contribution is 0.586. The lowest BCUT2D eigenvalue weighted by Crippen LogP contribution is -2.42. The van der Waals surface area contributed by atoms with Crippen molar-refractivity contribution in [1.29, 1.82) is 0 Å². The molecule has 0 unspecified atom stereocenters. The number of para-hydroxylation sites is 2. The summed E-state index contributed by atoms with van der Waals surface area (Å²) in [6, 6.07) is 7.40. The van der Waals surface area contributed by atoms with E-state index < -0.39 is 10.0 Å². The van der Waals surface area contributed by atoms with Crippen LogP contribution in [-0.2, 0) is 17.1 Å². The van der Waals surface area contributed by atoms with E-state index in [1.807, 2.05) is 30.1 Å². The molecule has 0 saturated heterocycles. The molecule has 0 spiro atoms. The molecule has 1 aromatic heterocycles. The molecule has 0 fully saturated rings. The van der Waals surface area contributed by atoms with Crippen molar-refractivity contribution in [2.75, 3.05) is 29.3 Å². The maximum atomic E-state index is 12.8. The monoisotopic (exact) mass is 326 g/mol. The van der Waals surface area contributed by atoms with Gasteiger partial charge in [0.1, 0.15) is 5.15 Å². The van der Waals surface area contributed by atoms with Gasteiger partial charge in [-0.2, -0.15) is 8.42 Å². The molecule has 0 N–H and O–H groups in total. The summed E-state index contributed by atoms with van der Waals surface area (Å²) in [6.07, 6.45) is 1.40. The molecule has 112 valence electrons. The number of benzene rings is 1. The highest BCUT2D eigenvalue weighted by molar-refractivity contribution is 7.92. The van der Waals surface area contributed by atoms with E-state index in [0.717, 1.165) is 5.69 Å². The molecule has 1 aromatic carbocycles. The highest BCUT2D eigenvalue weighted by Crippen LogP contribution is 2.36. The van der Waals surface area contributed by atoms with Crippen molar-refractivity contribution < 1.29 is 8.42 Å². The zero-order valence-corrected chi connectivity index (χ0v) is 13.3. The molecule has 2 heterocycles. The summed E-state index contributed by atoms with van der Waals surface area (Å²) in [5.74, 6) is 0. The minimum atomic E-state index is -3.77. The number of aromatic nitrogens is 2. The van der Waals surface area contributed by atoms with Crippen molar-refractivity contribution in [1.82, 2.24) is 9.55 Å². The first-order valence-electron chi connectivity index (χ1n) is 6.42. The van der Waals surface area contributed by atoms with Gasteiger partial charge in [-0.3, -0.25) is 4.31 Å². The molecule has 6 nitrogen and oxygen atoms in total. The summed E-state index contributed by atoms with van der Waals surface area (Å²) in [4.78, 5) is 5.97. The Labute approximate surface area is 128 Å². The van der Waals surface area contributed by atoms with Crippen LogP contribution in [0.15, 0.2) is 35.6 Å². The molecular formula is C13H15ClN4O2S. The zero-order valence-electron chi connectivity index (χ0n) is 11.7. The number of aryl methyl sites for hydroxylation is 1. The van der Waals surface area contributed by atoms with Gasteiger partial charge in [0.15, 0.2) is 0 Å². The van der Waals surface area contributed by atoms with E-state index in [2.05, 4.69) is 4.98 Å². The van der Waals surface area contributed by atoms with Gasteiger partial charge in [-0.1, -0.05) is 23.7 Å². The minimum absolute atomic E-state index is 0.106. The average Bonchev–Trinajstić information content (AvgIpc) is 2.80. The Bertz CT molecular complexity index is 787. The molecule has 3 rings (SSSR count). The van der Waals surface area contributed by atoms with Gasteiger partial charge in [0.2, 0.25) is 5.03 Å². The molecule has 0 amide bonds. The van der Waals surface area contributed by atoms with E-state index in [0.29, 0.717) is 18.8 Å². The lowest BCUT2D eigenvalue weighted by atomic mass is 10.2. The Morgan fingerprint density at radius 3 is 2.43 bits per heavy atom. The maximum absolute atomic E-state index is 12.8. The normalized spacial score (nSPS) is 15.2. The van der Waals surface area contributed by atoms with Crippen LogP contribution in [0.1, 0.15) is 0 Å². The number of sulfonamides is 1. The van der Waals surface area contributed by atoms with Gasteiger partial charge < -0.3 is 9.47 Å². The van der Waals surface area contributed by atoms with E-state index in [-0.39, 0.29) is 10.2 Å². The third-order valence-electron chi connectivity index (χ3n) is 3.57. The Morgan fingerprint density at radius 2 is 1.81 bits per heavy atom. The summed E-state index contributed by atoms with van der Waals surface area (Å²) >= 11 is 6.05. The van der Waals surface area contributed by atoms with Crippen LogP contribution in [0.4, 0.5) is 11.4 Å². The Balaban J connectivity index is 2.13. The Morgan fingerprint density at radius 1 is 1.14 bits per heavy atom. The van der Waals surface area contributed by atoms with E-state index in [1.54, 1.807) is 13.1 Å². The van der Waals surface area contributed by atoms with Gasteiger partial charge in [-0.05, 0) is 12.1 Å². The highest BCUT2D eigenvalue weighted by Gasteiger charge is 2.34. The number of halogens is 1. The predicted octanol–water partition coefficient (Wildman–Crippen LogP) is 1.72. The zero-order chi connectivity index (χ0) is 15.2. The molecule has 0 atom stereocenters. The highest BCUT2D eigenvalue weighted by atomic mass is 35.5. The number of hydrogen-bond acceptors (Lipinski definition) is 4. The molecule has 2 aromatic rings. The van der Waals surface area contributed by atoms with Crippen molar-refractivity contribution >= 4 is 33.0 Å². The molecule has 0 aliphatic carbocycles. The average molecular weight is 327 g/mol. The summed E-state index contributed by atoms with van der Waals surface area (Å²) in [6.45, 7) is 0.976. The van der Waals surface area contributed by atoms with Crippen LogP contribution in [0.3, 0.4) is 0 Å². The number of fused-ring (bicyclic) bond motifs is 1. The van der Waals surface area contributed by atoms with E-state index in [9.17, 15) is 8.42 Å². The van der Waals surface area contributed by atoms with Gasteiger partial charge in [0.25, 0.3) is 10.0 Å². The molecule has 0 radical (unpaired) electrons. The van der Waals surface area contributed by atoms with E-state index >= 15 is 0 Å². The van der Waals surface area contributed by atoms with Crippen LogP contribution in [0.2, 0.25) is 5.15 Å². The second kappa shape index (κ2) is 4.92. The smallest absolute Gasteiger partial charge is 0.285 e. The minimum Gasteiger partial charge on any atom is -0.371 e. The van der Waals surface area contributed by atoms with Crippen LogP contribution < -0.4 is 9.21 Å². The number of likely N-dealkylation sites (N-methyl/N-ethyl adjacent to an activating group) is 1. The van der Waals surface area contributed by atoms with Crippen molar-refractivity contribution in [2.24, 2.45) is 7.05 Å². The van der Waals surface area contributed by atoms with Crippen LogP contribution in [-0.4, -0.2) is 38.1 Å². The standard InChI is InChI=1S/C13H15ClN4O2S/c1-16-7-8-18(11-6-4-3-5-10(11)16)21(19,20)13-12(14)17(2)9-15-13/h3-6,9H,7-8H2,1-2H3. The molecule has 1 aliphatic rings. The van der Waals surface area contributed by atoms with Gasteiger partial charge in [-0.25, -0.2) is 4.98 Å². The molecular weight excluding hydrogens is 312 g/mol. The fraction of sp³-hybridized carbons (Fsp3) is 0.308. The number of anilines is 2. The summed E-state index contributed by atoms with van der Waals surface area (Å²) in [5, 5.41) is 0.0115. The number of nitrogens with zero attached hydrogens (tertiary/aromatic N) is 4. The van der Waals surface area contributed by atoms with Crippen LogP contribution >= 0.6 is 11.6 Å². The van der Waals surface area contributed by atoms with Crippen LogP contribution in [0.25, 0.3) is 0 Å². The predicted molar refractivity (Wildman–Crippen MR) is 82.5 cm³/mol. The molecule has 0 bridgehead atoms. The summed E-state index contributed by atoms with van der Waals surface area (Å²) in [5.41, 5.74) is 1.52. The molecule has 21 heavy (non-hydrogen) atoms. The first kappa shape index (κ1) is 14.2. The maximum Gasteiger partial charge on any atom is 0.285 e. The SMILES string of the molecule is CN1CCN(S(=O)(=O)c2ncn(C)c2Cl)c2ccccc21. The topological polar surface area (TPSA) is 58.4 Å². The summed E-state index contributed by atoms with van der Waals surface area (Å²) < 4.78 is 28.5. The van der Waals surface area contributed by atoms with Crippen LogP contribution in [0, 0.1) is 0 Å². The largest absolute Gasteiger partial charge is 0.371 e. The first-order valence-corrected chi connectivity index (χ1v) is 8.24. The number of hydrogen-bond donors (Lipinski definition) is 0. The van der Waals surface area contributed by atoms with E-state index in [1.165, 1.54) is 15.2 Å². The number of rotatable bonds is 2. The van der Waals surface area contributed by atoms with Gasteiger partial charge >= 0.3 is 0 Å². The van der Waals surface area contributed by atoms with Crippen LogP contribution in [0.5, 0.6) is 0 Å². The molecule has 0 saturated carbocycles. The second-order valence-electron chi connectivity index (χ2n) is 4.94. The van der Waals surface area contributed by atoms with E-state index in [4.69, 9.17) is 11.6 Å². The lowest BCUT2D eigenvalue weighted by Gasteiger charge is -2.35. The molecule has 8 heteroatoms. The third-order valence-corrected chi connectivity index (χ3v) is 5.87. The van der Waals surface area contributed by atoms with Crippen molar-refractivity contribution in [3.8, 4) is 0 Å². The van der Waals surface area contributed by atoms with Gasteiger partial charge in [0.05, 0.1) is 24.2 Å². The molecule has 1 aliphatic heterocycles. The second-order valence-corrected chi connectivity index (χ2v) is 7.07. The quantitative estimate of drug-likeness (QED) is 0.843. The van der Waals surface area contributed by atoms with Crippen molar-refractivity contribution in [2.45, 2.75) is 5.03 Å². The Hall–Kier alpha value is -1.73. The van der Waals surface area contributed by atoms with Crippen molar-refractivity contribution in [3.05, 3.63) is 35.7 Å². The van der Waals surface area contributed by atoms with Gasteiger partial charge in [0, 0.05) is 20.6 Å².